The van der Waals surface area contributed by atoms with Crippen molar-refractivity contribution in [3.05, 3.63) is 40.8 Å². The Balaban J connectivity index is 2.47. The molecule has 66 valence electrons. The van der Waals surface area contributed by atoms with E-state index >= 15 is 0 Å². The highest BCUT2D eigenvalue weighted by Gasteiger charge is 2.02. The molecular formula is C10H9BrN2. The van der Waals surface area contributed by atoms with E-state index < -0.39 is 0 Å². The van der Waals surface area contributed by atoms with Crippen molar-refractivity contribution in [2.24, 2.45) is 0 Å². The second-order valence-electron chi connectivity index (χ2n) is 2.88. The average Bonchev–Trinajstić information content (AvgIpc) is 2.53. The lowest BCUT2D eigenvalue weighted by molar-refractivity contribution is 1.25. The molecular weight excluding hydrogens is 228 g/mol. The maximum atomic E-state index is 4.24. The van der Waals surface area contributed by atoms with E-state index in [0.717, 1.165) is 21.4 Å². The van der Waals surface area contributed by atoms with Gasteiger partial charge in [0.2, 0.25) is 0 Å². The summed E-state index contributed by atoms with van der Waals surface area (Å²) in [6.45, 7) is 2.02. The van der Waals surface area contributed by atoms with Crippen molar-refractivity contribution in [1.29, 1.82) is 0 Å². The average molecular weight is 237 g/mol. The lowest BCUT2D eigenvalue weighted by Crippen LogP contribution is -1.80. The minimum absolute atomic E-state index is 1.02. The Hall–Kier alpha value is -1.09. The molecule has 0 spiro atoms. The van der Waals surface area contributed by atoms with E-state index in [1.54, 1.807) is 6.33 Å². The normalized spacial score (nSPS) is 10.3. The summed E-state index contributed by atoms with van der Waals surface area (Å²) >= 11 is 3.40. The zero-order chi connectivity index (χ0) is 9.26. The molecule has 2 aromatic rings. The van der Waals surface area contributed by atoms with Gasteiger partial charge in [-0.1, -0.05) is 28.1 Å². The second kappa shape index (κ2) is 3.34. The van der Waals surface area contributed by atoms with Gasteiger partial charge < -0.3 is 4.98 Å². The van der Waals surface area contributed by atoms with Crippen LogP contribution in [0.4, 0.5) is 0 Å². The van der Waals surface area contributed by atoms with Crippen LogP contribution in [-0.2, 0) is 0 Å². The molecule has 0 bridgehead atoms. The molecule has 2 rings (SSSR count). The van der Waals surface area contributed by atoms with Crippen molar-refractivity contribution in [3.8, 4) is 11.3 Å². The number of hydrogen-bond donors (Lipinski definition) is 1. The van der Waals surface area contributed by atoms with Gasteiger partial charge in [0.05, 0.1) is 12.0 Å². The molecule has 1 N–H and O–H groups in total. The molecule has 0 saturated carbocycles. The first-order valence-electron chi connectivity index (χ1n) is 4.03. The van der Waals surface area contributed by atoms with E-state index in [2.05, 4.69) is 25.9 Å². The first kappa shape index (κ1) is 8.51. The number of nitrogens with zero attached hydrogens (tertiary/aromatic N) is 1. The standard InChI is InChI=1S/C10H9BrN2/c1-7-10(13-6-12-7)8-2-4-9(11)5-3-8/h2-6H,1H3,(H,12,13). The number of H-pyrrole nitrogens is 1. The number of halogens is 1. The van der Waals surface area contributed by atoms with Crippen molar-refractivity contribution < 1.29 is 0 Å². The van der Waals surface area contributed by atoms with Gasteiger partial charge >= 0.3 is 0 Å². The Morgan fingerprint density at radius 2 is 1.92 bits per heavy atom. The third-order valence-corrected chi connectivity index (χ3v) is 2.48. The van der Waals surface area contributed by atoms with Crippen molar-refractivity contribution in [2.75, 3.05) is 0 Å². The molecule has 3 heteroatoms. The molecule has 0 unspecified atom stereocenters. The van der Waals surface area contributed by atoms with Crippen molar-refractivity contribution in [2.45, 2.75) is 6.92 Å². The fraction of sp³-hybridized carbons (Fsp3) is 0.100. The minimum Gasteiger partial charge on any atom is -0.348 e. The summed E-state index contributed by atoms with van der Waals surface area (Å²) in [4.78, 5) is 7.30. The predicted octanol–water partition coefficient (Wildman–Crippen LogP) is 3.15. The van der Waals surface area contributed by atoms with Crippen LogP contribution in [0.1, 0.15) is 5.69 Å². The van der Waals surface area contributed by atoms with E-state index in [1.807, 2.05) is 31.2 Å². The zero-order valence-corrected chi connectivity index (χ0v) is 8.80. The van der Waals surface area contributed by atoms with Gasteiger partial charge in [-0.05, 0) is 19.1 Å². The highest BCUT2D eigenvalue weighted by molar-refractivity contribution is 9.10. The Kier molecular flexibility index (Phi) is 2.19. The quantitative estimate of drug-likeness (QED) is 0.810. The molecule has 0 amide bonds. The van der Waals surface area contributed by atoms with Crippen molar-refractivity contribution in [3.63, 3.8) is 0 Å². The maximum absolute atomic E-state index is 4.24. The lowest BCUT2D eigenvalue weighted by atomic mass is 10.1. The molecule has 1 heterocycles. The fourth-order valence-electron chi connectivity index (χ4n) is 1.26. The molecule has 2 nitrogen and oxygen atoms in total. The molecule has 0 aliphatic heterocycles. The monoisotopic (exact) mass is 236 g/mol. The van der Waals surface area contributed by atoms with Gasteiger partial charge in [0, 0.05) is 15.7 Å². The van der Waals surface area contributed by atoms with Gasteiger partial charge in [0.15, 0.2) is 0 Å². The van der Waals surface area contributed by atoms with Crippen LogP contribution in [-0.4, -0.2) is 9.97 Å². The molecule has 0 aliphatic rings. The van der Waals surface area contributed by atoms with Crippen LogP contribution in [0.15, 0.2) is 35.1 Å². The van der Waals surface area contributed by atoms with E-state index in [4.69, 9.17) is 0 Å². The minimum atomic E-state index is 1.02. The summed E-state index contributed by atoms with van der Waals surface area (Å²) in [5.41, 5.74) is 3.26. The number of rotatable bonds is 1. The Morgan fingerprint density at radius 1 is 1.23 bits per heavy atom. The summed E-state index contributed by atoms with van der Waals surface area (Å²) in [6.07, 6.45) is 1.71. The van der Waals surface area contributed by atoms with E-state index in [-0.39, 0.29) is 0 Å². The molecule has 13 heavy (non-hydrogen) atoms. The summed E-state index contributed by atoms with van der Waals surface area (Å²) in [5.74, 6) is 0. The molecule has 1 aromatic carbocycles. The molecule has 0 saturated heterocycles. The van der Waals surface area contributed by atoms with Gasteiger partial charge in [-0.25, -0.2) is 4.98 Å². The van der Waals surface area contributed by atoms with Gasteiger partial charge in [-0.2, -0.15) is 0 Å². The largest absolute Gasteiger partial charge is 0.348 e. The van der Waals surface area contributed by atoms with Crippen LogP contribution in [0.2, 0.25) is 0 Å². The second-order valence-corrected chi connectivity index (χ2v) is 3.80. The highest BCUT2D eigenvalue weighted by Crippen LogP contribution is 2.21. The van der Waals surface area contributed by atoms with E-state index in [0.29, 0.717) is 0 Å². The number of aromatic amines is 1. The van der Waals surface area contributed by atoms with Crippen LogP contribution in [0.25, 0.3) is 11.3 Å². The molecule has 0 radical (unpaired) electrons. The first-order chi connectivity index (χ1) is 6.27. The van der Waals surface area contributed by atoms with Gasteiger partial charge in [0.25, 0.3) is 0 Å². The zero-order valence-electron chi connectivity index (χ0n) is 7.21. The highest BCUT2D eigenvalue weighted by atomic mass is 79.9. The van der Waals surface area contributed by atoms with E-state index in [9.17, 15) is 0 Å². The Bertz CT molecular complexity index is 403. The predicted molar refractivity (Wildman–Crippen MR) is 56.5 cm³/mol. The summed E-state index contributed by atoms with van der Waals surface area (Å²) in [5, 5.41) is 0. The lowest BCUT2D eigenvalue weighted by Gasteiger charge is -1.98. The number of aryl methyl sites for hydroxylation is 1. The number of nitrogens with one attached hydrogen (secondary N) is 1. The fourth-order valence-corrected chi connectivity index (χ4v) is 1.52. The molecule has 0 aliphatic carbocycles. The van der Waals surface area contributed by atoms with Crippen molar-refractivity contribution >= 4 is 15.9 Å². The molecule has 1 aromatic heterocycles. The Labute approximate surface area is 85.1 Å². The smallest absolute Gasteiger partial charge is 0.0929 e. The number of benzene rings is 1. The van der Waals surface area contributed by atoms with Gasteiger partial charge in [-0.15, -0.1) is 0 Å². The third kappa shape index (κ3) is 1.65. The topological polar surface area (TPSA) is 28.7 Å². The SMILES string of the molecule is Cc1[nH]cnc1-c1ccc(Br)cc1. The van der Waals surface area contributed by atoms with Gasteiger partial charge in [0.1, 0.15) is 0 Å². The maximum Gasteiger partial charge on any atom is 0.0929 e. The van der Waals surface area contributed by atoms with Crippen LogP contribution in [0.3, 0.4) is 0 Å². The third-order valence-electron chi connectivity index (χ3n) is 1.95. The summed E-state index contributed by atoms with van der Waals surface area (Å²) < 4.78 is 1.09. The van der Waals surface area contributed by atoms with Crippen LogP contribution >= 0.6 is 15.9 Å². The van der Waals surface area contributed by atoms with E-state index in [1.165, 1.54) is 0 Å². The molecule has 0 fully saturated rings. The van der Waals surface area contributed by atoms with Gasteiger partial charge in [-0.3, -0.25) is 0 Å². The summed E-state index contributed by atoms with van der Waals surface area (Å²) in [6, 6.07) is 8.13. The molecule has 0 atom stereocenters. The number of imidazole rings is 1. The summed E-state index contributed by atoms with van der Waals surface area (Å²) in [7, 11) is 0. The number of aromatic nitrogens is 2. The number of hydrogen-bond acceptors (Lipinski definition) is 1. The van der Waals surface area contributed by atoms with Crippen molar-refractivity contribution in [1.82, 2.24) is 9.97 Å². The van der Waals surface area contributed by atoms with Crippen LogP contribution < -0.4 is 0 Å². The Morgan fingerprint density at radius 3 is 2.46 bits per heavy atom. The first-order valence-corrected chi connectivity index (χ1v) is 4.82. The van der Waals surface area contributed by atoms with Crippen LogP contribution in [0.5, 0.6) is 0 Å². The van der Waals surface area contributed by atoms with Crippen LogP contribution in [0, 0.1) is 6.92 Å².